The summed E-state index contributed by atoms with van der Waals surface area (Å²) in [5.74, 6) is 0.875. The number of ether oxygens (including phenoxy) is 1. The molecule has 0 saturated heterocycles. The number of aryl methyl sites for hydroxylation is 1. The molecule has 1 aromatic rings. The van der Waals surface area contributed by atoms with E-state index >= 15 is 0 Å². The zero-order valence-corrected chi connectivity index (χ0v) is 10.4. The van der Waals surface area contributed by atoms with Crippen LogP contribution in [0.2, 0.25) is 0 Å². The van der Waals surface area contributed by atoms with Crippen molar-refractivity contribution in [3.05, 3.63) is 27.7 Å². The van der Waals surface area contributed by atoms with E-state index in [9.17, 15) is 0 Å². The largest absolute Gasteiger partial charge is 0.496 e. The van der Waals surface area contributed by atoms with Crippen molar-refractivity contribution >= 4 is 15.9 Å². The molecule has 0 aliphatic carbocycles. The Labute approximate surface area is 93.6 Å². The van der Waals surface area contributed by atoms with E-state index in [2.05, 4.69) is 22.9 Å². The third-order valence-electron chi connectivity index (χ3n) is 2.35. The van der Waals surface area contributed by atoms with Crippen LogP contribution < -0.4 is 10.5 Å². The van der Waals surface area contributed by atoms with Crippen LogP contribution in [0.15, 0.2) is 16.6 Å². The molecule has 2 N–H and O–H groups in total. The second kappa shape index (κ2) is 4.80. The molecule has 14 heavy (non-hydrogen) atoms. The third kappa shape index (κ3) is 2.28. The second-order valence-corrected chi connectivity index (χ2v) is 4.21. The van der Waals surface area contributed by atoms with E-state index in [1.54, 1.807) is 7.11 Å². The van der Waals surface area contributed by atoms with Crippen LogP contribution in [0.5, 0.6) is 5.75 Å². The number of hydrogen-bond acceptors (Lipinski definition) is 2. The van der Waals surface area contributed by atoms with Crippen LogP contribution in [-0.2, 0) is 0 Å². The summed E-state index contributed by atoms with van der Waals surface area (Å²) < 4.78 is 6.38. The van der Waals surface area contributed by atoms with Crippen molar-refractivity contribution in [3.63, 3.8) is 0 Å². The first-order valence-corrected chi connectivity index (χ1v) is 5.49. The highest BCUT2D eigenvalue weighted by molar-refractivity contribution is 9.10. The predicted molar refractivity (Wildman–Crippen MR) is 62.7 cm³/mol. The Bertz CT molecular complexity index is 325. The molecule has 1 atom stereocenters. The molecule has 0 aliphatic rings. The molecule has 0 spiro atoms. The summed E-state index contributed by atoms with van der Waals surface area (Å²) in [6, 6.07) is 4.10. The third-order valence-corrected chi connectivity index (χ3v) is 3.20. The SMILES string of the molecule is CCC(N)c1cc(Br)c(C)cc1OC. The van der Waals surface area contributed by atoms with Crippen molar-refractivity contribution in [1.82, 2.24) is 0 Å². The van der Waals surface area contributed by atoms with Crippen LogP contribution in [0.4, 0.5) is 0 Å². The summed E-state index contributed by atoms with van der Waals surface area (Å²) >= 11 is 3.50. The number of methoxy groups -OCH3 is 1. The Kier molecular flexibility index (Phi) is 3.96. The topological polar surface area (TPSA) is 35.2 Å². The molecule has 1 rings (SSSR count). The molecule has 2 nitrogen and oxygen atoms in total. The van der Waals surface area contributed by atoms with Crippen LogP contribution in [0.3, 0.4) is 0 Å². The van der Waals surface area contributed by atoms with Crippen molar-refractivity contribution in [2.75, 3.05) is 7.11 Å². The van der Waals surface area contributed by atoms with Crippen molar-refractivity contribution in [2.45, 2.75) is 26.3 Å². The molecule has 78 valence electrons. The standard InChI is InChI=1S/C11H16BrNO/c1-4-10(13)8-6-9(12)7(2)5-11(8)14-3/h5-6,10H,4,13H2,1-3H3. The first kappa shape index (κ1) is 11.5. The number of halogens is 1. The summed E-state index contributed by atoms with van der Waals surface area (Å²) in [6.07, 6.45) is 0.909. The maximum absolute atomic E-state index is 5.99. The molecule has 0 aromatic heterocycles. The van der Waals surface area contributed by atoms with E-state index in [1.807, 2.05) is 19.1 Å². The van der Waals surface area contributed by atoms with Gasteiger partial charge >= 0.3 is 0 Å². The summed E-state index contributed by atoms with van der Waals surface area (Å²) in [6.45, 7) is 4.10. The maximum Gasteiger partial charge on any atom is 0.123 e. The van der Waals surface area contributed by atoms with E-state index < -0.39 is 0 Å². The molecule has 0 radical (unpaired) electrons. The average Bonchev–Trinajstić information content (AvgIpc) is 2.20. The van der Waals surface area contributed by atoms with Crippen molar-refractivity contribution in [2.24, 2.45) is 5.73 Å². The average molecular weight is 258 g/mol. The lowest BCUT2D eigenvalue weighted by Gasteiger charge is -2.15. The number of nitrogens with two attached hydrogens (primary N) is 1. The molecule has 0 heterocycles. The minimum Gasteiger partial charge on any atom is -0.496 e. The molecule has 0 aliphatic heterocycles. The van der Waals surface area contributed by atoms with Gasteiger partial charge in [0.05, 0.1) is 7.11 Å². The van der Waals surface area contributed by atoms with E-state index in [0.29, 0.717) is 0 Å². The lowest BCUT2D eigenvalue weighted by Crippen LogP contribution is -2.10. The first-order chi connectivity index (χ1) is 6.60. The Morgan fingerprint density at radius 1 is 1.50 bits per heavy atom. The van der Waals surface area contributed by atoms with Gasteiger partial charge in [-0.3, -0.25) is 0 Å². The van der Waals surface area contributed by atoms with Crippen LogP contribution in [0.25, 0.3) is 0 Å². The summed E-state index contributed by atoms with van der Waals surface area (Å²) in [5, 5.41) is 0. The molecule has 0 saturated carbocycles. The van der Waals surface area contributed by atoms with E-state index in [0.717, 1.165) is 27.8 Å². The van der Waals surface area contributed by atoms with Crippen molar-refractivity contribution < 1.29 is 4.74 Å². The molecule has 1 aromatic carbocycles. The first-order valence-electron chi connectivity index (χ1n) is 4.69. The summed E-state index contributed by atoms with van der Waals surface area (Å²) in [5.41, 5.74) is 8.21. The Morgan fingerprint density at radius 2 is 2.14 bits per heavy atom. The Hall–Kier alpha value is -0.540. The van der Waals surface area contributed by atoms with E-state index in [-0.39, 0.29) is 6.04 Å². The second-order valence-electron chi connectivity index (χ2n) is 3.36. The molecule has 1 unspecified atom stereocenters. The van der Waals surface area contributed by atoms with Gasteiger partial charge in [-0.25, -0.2) is 0 Å². The highest BCUT2D eigenvalue weighted by Gasteiger charge is 2.11. The Balaban J connectivity index is 3.19. The van der Waals surface area contributed by atoms with Crippen molar-refractivity contribution in [1.29, 1.82) is 0 Å². The quantitative estimate of drug-likeness (QED) is 0.903. The van der Waals surface area contributed by atoms with Gasteiger partial charge in [-0.2, -0.15) is 0 Å². The fourth-order valence-electron chi connectivity index (χ4n) is 1.36. The molecule has 0 amide bonds. The van der Waals surface area contributed by atoms with Crippen LogP contribution in [0, 0.1) is 6.92 Å². The normalized spacial score (nSPS) is 12.6. The smallest absolute Gasteiger partial charge is 0.123 e. The van der Waals surface area contributed by atoms with Gasteiger partial charge in [0.2, 0.25) is 0 Å². The van der Waals surface area contributed by atoms with Gasteiger partial charge in [-0.15, -0.1) is 0 Å². The van der Waals surface area contributed by atoms with Crippen molar-refractivity contribution in [3.8, 4) is 5.75 Å². The van der Waals surface area contributed by atoms with Gasteiger partial charge < -0.3 is 10.5 Å². The zero-order valence-electron chi connectivity index (χ0n) is 8.80. The Morgan fingerprint density at radius 3 is 2.64 bits per heavy atom. The molecular weight excluding hydrogens is 242 g/mol. The highest BCUT2D eigenvalue weighted by atomic mass is 79.9. The molecule has 0 fully saturated rings. The maximum atomic E-state index is 5.99. The minimum absolute atomic E-state index is 0.0434. The molecule has 0 bridgehead atoms. The van der Waals surface area contributed by atoms with Crippen LogP contribution >= 0.6 is 15.9 Å². The lowest BCUT2D eigenvalue weighted by atomic mass is 10.0. The van der Waals surface area contributed by atoms with Crippen LogP contribution in [0.1, 0.15) is 30.5 Å². The van der Waals surface area contributed by atoms with Gasteiger partial charge in [0.15, 0.2) is 0 Å². The number of benzene rings is 1. The summed E-state index contributed by atoms with van der Waals surface area (Å²) in [4.78, 5) is 0. The number of hydrogen-bond donors (Lipinski definition) is 1. The lowest BCUT2D eigenvalue weighted by molar-refractivity contribution is 0.404. The minimum atomic E-state index is 0.0434. The van der Waals surface area contributed by atoms with E-state index in [1.165, 1.54) is 0 Å². The van der Waals surface area contributed by atoms with Gasteiger partial charge in [0, 0.05) is 16.1 Å². The molecular formula is C11H16BrNO. The predicted octanol–water partition coefficient (Wildman–Crippen LogP) is 3.18. The number of rotatable bonds is 3. The zero-order chi connectivity index (χ0) is 10.7. The van der Waals surface area contributed by atoms with Gasteiger partial charge in [-0.05, 0) is 31.0 Å². The van der Waals surface area contributed by atoms with Gasteiger partial charge in [0.1, 0.15) is 5.75 Å². The summed E-state index contributed by atoms with van der Waals surface area (Å²) in [7, 11) is 1.68. The van der Waals surface area contributed by atoms with E-state index in [4.69, 9.17) is 10.5 Å². The highest BCUT2D eigenvalue weighted by Crippen LogP contribution is 2.31. The monoisotopic (exact) mass is 257 g/mol. The van der Waals surface area contributed by atoms with Gasteiger partial charge in [0.25, 0.3) is 0 Å². The fraction of sp³-hybridized carbons (Fsp3) is 0.455. The van der Waals surface area contributed by atoms with Gasteiger partial charge in [-0.1, -0.05) is 22.9 Å². The molecule has 3 heteroatoms. The fourth-order valence-corrected chi connectivity index (χ4v) is 1.72. The van der Waals surface area contributed by atoms with Crippen LogP contribution in [-0.4, -0.2) is 7.11 Å².